The largest absolute Gasteiger partial charge is 0.506 e. The van der Waals surface area contributed by atoms with Gasteiger partial charge < -0.3 is 16.6 Å². The molecule has 78 valence electrons. The Morgan fingerprint density at radius 2 is 2.00 bits per heavy atom. The number of nitrogens with two attached hydrogens (primary N) is 2. The van der Waals surface area contributed by atoms with E-state index in [9.17, 15) is 5.11 Å². The molecule has 0 heterocycles. The molecule has 0 fully saturated rings. The zero-order valence-corrected chi connectivity index (χ0v) is 9.02. The number of phenolic OH excluding ortho intramolecular Hbond substituents is 1. The van der Waals surface area contributed by atoms with E-state index in [1.165, 1.54) is 0 Å². The van der Waals surface area contributed by atoms with Crippen LogP contribution < -0.4 is 11.5 Å². The first-order valence-corrected chi connectivity index (χ1v) is 4.96. The van der Waals surface area contributed by atoms with Crippen LogP contribution in [0.4, 0.5) is 0 Å². The second kappa shape index (κ2) is 4.84. The summed E-state index contributed by atoms with van der Waals surface area (Å²) in [6.45, 7) is 0.459. The SMILES string of the molecule is NCC[C@@H](N)c1ccc(Cl)c(Cl)c1O. The van der Waals surface area contributed by atoms with Crippen molar-refractivity contribution < 1.29 is 5.11 Å². The third kappa shape index (κ3) is 2.30. The fourth-order valence-electron chi connectivity index (χ4n) is 1.19. The fraction of sp³-hybridized carbons (Fsp3) is 0.333. The Morgan fingerprint density at radius 1 is 1.36 bits per heavy atom. The lowest BCUT2D eigenvalue weighted by Gasteiger charge is -2.13. The number of aromatic hydroxyl groups is 1. The molecule has 0 amide bonds. The monoisotopic (exact) mass is 234 g/mol. The van der Waals surface area contributed by atoms with Gasteiger partial charge in [0.1, 0.15) is 10.8 Å². The molecule has 1 atom stereocenters. The first kappa shape index (κ1) is 11.6. The van der Waals surface area contributed by atoms with E-state index in [-0.39, 0.29) is 16.8 Å². The summed E-state index contributed by atoms with van der Waals surface area (Å²) in [5.74, 6) is -0.0554. The summed E-state index contributed by atoms with van der Waals surface area (Å²) in [5.41, 5.74) is 11.7. The Labute approximate surface area is 92.6 Å². The molecule has 0 saturated carbocycles. The van der Waals surface area contributed by atoms with Crippen molar-refractivity contribution in [3.63, 3.8) is 0 Å². The van der Waals surface area contributed by atoms with Crippen molar-refractivity contribution in [3.8, 4) is 5.75 Å². The molecule has 0 radical (unpaired) electrons. The summed E-state index contributed by atoms with van der Waals surface area (Å²) in [6, 6.07) is 2.95. The highest BCUT2D eigenvalue weighted by Crippen LogP contribution is 2.36. The van der Waals surface area contributed by atoms with Gasteiger partial charge in [-0.3, -0.25) is 0 Å². The van der Waals surface area contributed by atoms with Gasteiger partial charge in [-0.05, 0) is 19.0 Å². The van der Waals surface area contributed by atoms with Crippen LogP contribution in [0.3, 0.4) is 0 Å². The van der Waals surface area contributed by atoms with Crippen molar-refractivity contribution in [1.82, 2.24) is 0 Å². The summed E-state index contributed by atoms with van der Waals surface area (Å²) in [4.78, 5) is 0. The number of hydrogen-bond acceptors (Lipinski definition) is 3. The van der Waals surface area contributed by atoms with Crippen LogP contribution in [0.15, 0.2) is 12.1 Å². The summed E-state index contributed by atoms with van der Waals surface area (Å²) >= 11 is 11.5. The van der Waals surface area contributed by atoms with Crippen LogP contribution in [-0.4, -0.2) is 11.7 Å². The normalized spacial score (nSPS) is 12.9. The molecule has 1 aromatic carbocycles. The summed E-state index contributed by atoms with van der Waals surface area (Å²) in [7, 11) is 0. The zero-order valence-electron chi connectivity index (χ0n) is 7.50. The quantitative estimate of drug-likeness (QED) is 0.750. The first-order valence-electron chi connectivity index (χ1n) is 4.20. The Bertz CT molecular complexity index is 331. The maximum atomic E-state index is 9.64. The van der Waals surface area contributed by atoms with Gasteiger partial charge in [-0.15, -0.1) is 0 Å². The van der Waals surface area contributed by atoms with E-state index in [2.05, 4.69) is 0 Å². The average Bonchev–Trinajstić information content (AvgIpc) is 2.15. The van der Waals surface area contributed by atoms with E-state index in [0.29, 0.717) is 23.6 Å². The molecule has 0 spiro atoms. The minimum absolute atomic E-state index is 0.0554. The first-order chi connectivity index (χ1) is 6.57. The lowest BCUT2D eigenvalue weighted by Crippen LogP contribution is -2.15. The van der Waals surface area contributed by atoms with Crippen LogP contribution in [0.1, 0.15) is 18.0 Å². The number of benzene rings is 1. The van der Waals surface area contributed by atoms with Crippen molar-refractivity contribution in [2.45, 2.75) is 12.5 Å². The maximum absolute atomic E-state index is 9.64. The molecular formula is C9H12Cl2N2O. The van der Waals surface area contributed by atoms with Gasteiger partial charge in [0.05, 0.1) is 5.02 Å². The Hall–Kier alpha value is -0.480. The highest BCUT2D eigenvalue weighted by Gasteiger charge is 2.14. The van der Waals surface area contributed by atoms with E-state index in [0.717, 1.165) is 0 Å². The third-order valence-corrected chi connectivity index (χ3v) is 2.77. The molecule has 0 aliphatic rings. The average molecular weight is 235 g/mol. The van der Waals surface area contributed by atoms with E-state index in [1.807, 2.05) is 0 Å². The van der Waals surface area contributed by atoms with Crippen molar-refractivity contribution in [3.05, 3.63) is 27.7 Å². The van der Waals surface area contributed by atoms with Crippen LogP contribution in [-0.2, 0) is 0 Å². The van der Waals surface area contributed by atoms with Crippen molar-refractivity contribution in [1.29, 1.82) is 0 Å². The molecule has 1 rings (SSSR count). The third-order valence-electron chi connectivity index (χ3n) is 1.98. The van der Waals surface area contributed by atoms with Crippen molar-refractivity contribution >= 4 is 23.2 Å². The Kier molecular flexibility index (Phi) is 4.01. The smallest absolute Gasteiger partial charge is 0.140 e. The molecule has 0 unspecified atom stereocenters. The second-order valence-corrected chi connectivity index (χ2v) is 3.77. The zero-order chi connectivity index (χ0) is 10.7. The van der Waals surface area contributed by atoms with Crippen LogP contribution in [0.5, 0.6) is 5.75 Å². The van der Waals surface area contributed by atoms with Gasteiger partial charge in [0.15, 0.2) is 0 Å². The van der Waals surface area contributed by atoms with Gasteiger partial charge in [-0.25, -0.2) is 0 Å². The van der Waals surface area contributed by atoms with Gasteiger partial charge >= 0.3 is 0 Å². The predicted molar refractivity (Wildman–Crippen MR) is 58.7 cm³/mol. The number of phenols is 1. The van der Waals surface area contributed by atoms with Crippen LogP contribution >= 0.6 is 23.2 Å². The fourth-order valence-corrected chi connectivity index (χ4v) is 1.51. The summed E-state index contributed by atoms with van der Waals surface area (Å²) in [5, 5.41) is 10.1. The van der Waals surface area contributed by atoms with Gasteiger partial charge in [0, 0.05) is 11.6 Å². The van der Waals surface area contributed by atoms with Crippen LogP contribution in [0.25, 0.3) is 0 Å². The molecule has 0 aliphatic carbocycles. The van der Waals surface area contributed by atoms with E-state index in [4.69, 9.17) is 34.7 Å². The molecule has 0 bridgehead atoms. The van der Waals surface area contributed by atoms with E-state index < -0.39 is 0 Å². The molecule has 1 aromatic rings. The van der Waals surface area contributed by atoms with Gasteiger partial charge in [0.2, 0.25) is 0 Å². The van der Waals surface area contributed by atoms with E-state index >= 15 is 0 Å². The van der Waals surface area contributed by atoms with Crippen molar-refractivity contribution in [2.24, 2.45) is 11.5 Å². The molecule has 14 heavy (non-hydrogen) atoms. The molecule has 0 aliphatic heterocycles. The number of hydrogen-bond donors (Lipinski definition) is 3. The molecule has 3 nitrogen and oxygen atoms in total. The molecule has 0 saturated heterocycles. The second-order valence-electron chi connectivity index (χ2n) is 2.98. The molecule has 0 aromatic heterocycles. The highest BCUT2D eigenvalue weighted by molar-refractivity contribution is 6.43. The van der Waals surface area contributed by atoms with E-state index in [1.54, 1.807) is 12.1 Å². The van der Waals surface area contributed by atoms with Crippen molar-refractivity contribution in [2.75, 3.05) is 6.54 Å². The highest BCUT2D eigenvalue weighted by atomic mass is 35.5. The minimum atomic E-state index is -0.310. The summed E-state index contributed by atoms with van der Waals surface area (Å²) in [6.07, 6.45) is 0.589. The maximum Gasteiger partial charge on any atom is 0.140 e. The lowest BCUT2D eigenvalue weighted by molar-refractivity contribution is 0.459. The predicted octanol–water partition coefficient (Wildman–Crippen LogP) is 2.05. The summed E-state index contributed by atoms with van der Waals surface area (Å²) < 4.78 is 0. The van der Waals surface area contributed by atoms with Gasteiger partial charge in [-0.1, -0.05) is 29.3 Å². The van der Waals surface area contributed by atoms with Crippen LogP contribution in [0, 0.1) is 0 Å². The molecule has 5 heteroatoms. The van der Waals surface area contributed by atoms with Crippen LogP contribution in [0.2, 0.25) is 10.0 Å². The minimum Gasteiger partial charge on any atom is -0.506 e. The molecule has 5 N–H and O–H groups in total. The number of halogens is 2. The Morgan fingerprint density at radius 3 is 2.57 bits per heavy atom. The topological polar surface area (TPSA) is 72.3 Å². The lowest BCUT2D eigenvalue weighted by atomic mass is 10.0. The Balaban J connectivity index is 3.04. The van der Waals surface area contributed by atoms with Gasteiger partial charge in [-0.2, -0.15) is 0 Å². The number of rotatable bonds is 3. The molecular weight excluding hydrogens is 223 g/mol. The standard InChI is InChI=1S/C9H12Cl2N2O/c10-6-2-1-5(7(13)3-4-12)9(14)8(6)11/h1-2,7,14H,3-4,12-13H2/t7-/m1/s1. The van der Waals surface area contributed by atoms with Gasteiger partial charge in [0.25, 0.3) is 0 Å².